The van der Waals surface area contributed by atoms with Crippen molar-refractivity contribution in [1.82, 2.24) is 15.1 Å². The van der Waals surface area contributed by atoms with E-state index >= 15 is 0 Å². The van der Waals surface area contributed by atoms with E-state index < -0.39 is 6.04 Å². The highest BCUT2D eigenvalue weighted by molar-refractivity contribution is 6.07. The van der Waals surface area contributed by atoms with Gasteiger partial charge >= 0.3 is 0 Å². The Morgan fingerprint density at radius 3 is 2.89 bits per heavy atom. The number of hydrogen-bond acceptors (Lipinski definition) is 7. The van der Waals surface area contributed by atoms with Crippen molar-refractivity contribution in [3.05, 3.63) is 23.8 Å². The SMILES string of the molecule is NC(=O)CCC(Oc1ccc2c(c1)CN1C(=N2)NC(=O)C1CO)N1CCCC1. The molecule has 1 aromatic carbocycles. The van der Waals surface area contributed by atoms with E-state index in [1.807, 2.05) is 18.2 Å². The molecule has 1 aromatic rings. The highest BCUT2D eigenvalue weighted by Gasteiger charge is 2.38. The molecule has 0 spiro atoms. The van der Waals surface area contributed by atoms with Crippen molar-refractivity contribution in [3.63, 3.8) is 0 Å². The number of nitrogens with zero attached hydrogens (tertiary/aromatic N) is 3. The topological polar surface area (TPSA) is 120 Å². The van der Waals surface area contributed by atoms with E-state index in [4.69, 9.17) is 10.5 Å². The minimum atomic E-state index is -0.621. The summed E-state index contributed by atoms with van der Waals surface area (Å²) in [4.78, 5) is 31.7. The highest BCUT2D eigenvalue weighted by atomic mass is 16.5. The molecule has 3 aliphatic heterocycles. The van der Waals surface area contributed by atoms with Gasteiger partial charge in [0.15, 0.2) is 6.23 Å². The molecule has 28 heavy (non-hydrogen) atoms. The van der Waals surface area contributed by atoms with Crippen LogP contribution >= 0.6 is 0 Å². The summed E-state index contributed by atoms with van der Waals surface area (Å²) in [5.74, 6) is 0.590. The summed E-state index contributed by atoms with van der Waals surface area (Å²) >= 11 is 0. The number of guanidine groups is 1. The van der Waals surface area contributed by atoms with Gasteiger partial charge in [-0.25, -0.2) is 4.99 Å². The zero-order chi connectivity index (χ0) is 19.7. The lowest BCUT2D eigenvalue weighted by atomic mass is 10.1. The lowest BCUT2D eigenvalue weighted by Gasteiger charge is -2.29. The molecule has 3 heterocycles. The van der Waals surface area contributed by atoms with Crippen molar-refractivity contribution >= 4 is 23.5 Å². The minimum Gasteiger partial charge on any atom is -0.475 e. The van der Waals surface area contributed by atoms with Crippen molar-refractivity contribution in [1.29, 1.82) is 0 Å². The van der Waals surface area contributed by atoms with Gasteiger partial charge in [-0.2, -0.15) is 0 Å². The Morgan fingerprint density at radius 2 is 2.18 bits per heavy atom. The van der Waals surface area contributed by atoms with Gasteiger partial charge in [0.05, 0.1) is 12.3 Å². The van der Waals surface area contributed by atoms with Crippen LogP contribution in [0.25, 0.3) is 0 Å². The molecular weight excluding hydrogens is 362 g/mol. The van der Waals surface area contributed by atoms with Crippen LogP contribution in [0, 0.1) is 0 Å². The zero-order valence-electron chi connectivity index (χ0n) is 15.6. The summed E-state index contributed by atoms with van der Waals surface area (Å²) < 4.78 is 6.22. The van der Waals surface area contributed by atoms with Crippen LogP contribution in [0.4, 0.5) is 5.69 Å². The summed E-state index contributed by atoms with van der Waals surface area (Å²) in [6, 6.07) is 5.01. The monoisotopic (exact) mass is 387 g/mol. The Morgan fingerprint density at radius 1 is 1.39 bits per heavy atom. The predicted molar refractivity (Wildman–Crippen MR) is 102 cm³/mol. The average Bonchev–Trinajstić information content (AvgIpc) is 3.30. The number of amides is 2. The van der Waals surface area contributed by atoms with Crippen LogP contribution in [0.2, 0.25) is 0 Å². The van der Waals surface area contributed by atoms with Crippen LogP contribution in [0.5, 0.6) is 5.75 Å². The van der Waals surface area contributed by atoms with E-state index in [1.54, 1.807) is 4.90 Å². The molecule has 9 nitrogen and oxygen atoms in total. The second kappa shape index (κ2) is 7.76. The Kier molecular flexibility index (Phi) is 5.19. The molecule has 2 amide bonds. The number of nitrogens with two attached hydrogens (primary N) is 1. The minimum absolute atomic E-state index is 0.198. The van der Waals surface area contributed by atoms with E-state index in [9.17, 15) is 14.7 Å². The molecule has 4 N–H and O–H groups in total. The number of ether oxygens (including phenoxy) is 1. The van der Waals surface area contributed by atoms with Crippen molar-refractivity contribution in [2.24, 2.45) is 10.7 Å². The summed E-state index contributed by atoms with van der Waals surface area (Å²) in [5, 5.41) is 12.2. The normalized spacial score (nSPS) is 22.3. The van der Waals surface area contributed by atoms with Gasteiger partial charge in [0.25, 0.3) is 5.91 Å². The number of hydrogen-bond donors (Lipinski definition) is 3. The number of likely N-dealkylation sites (tertiary alicyclic amines) is 1. The molecule has 4 rings (SSSR count). The first-order chi connectivity index (χ1) is 13.5. The number of primary amides is 1. The van der Waals surface area contributed by atoms with Gasteiger partial charge in [-0.15, -0.1) is 0 Å². The van der Waals surface area contributed by atoms with Crippen LogP contribution in [0.3, 0.4) is 0 Å². The molecule has 9 heteroatoms. The smallest absolute Gasteiger partial charge is 0.251 e. The number of nitrogens with one attached hydrogen (secondary N) is 1. The van der Waals surface area contributed by atoms with E-state index in [0.717, 1.165) is 37.2 Å². The third kappa shape index (κ3) is 3.67. The first-order valence-corrected chi connectivity index (χ1v) is 9.64. The van der Waals surface area contributed by atoms with Crippen molar-refractivity contribution < 1.29 is 19.4 Å². The Bertz CT molecular complexity index is 806. The maximum atomic E-state index is 11.9. The van der Waals surface area contributed by atoms with Crippen LogP contribution in [0.1, 0.15) is 31.2 Å². The standard InChI is InChI=1S/C19H25N5O4/c20-16(26)5-6-17(23-7-1-2-8-23)28-13-3-4-14-12(9-13)10-24-15(11-25)18(27)22-19(24)21-14/h3-4,9,15,17,25H,1-2,5-8,10-11H2,(H2,20,26)(H,21,22,27). The molecule has 0 aromatic heterocycles. The van der Waals surface area contributed by atoms with Gasteiger partial charge in [-0.05, 0) is 31.0 Å². The van der Waals surface area contributed by atoms with Gasteiger partial charge < -0.3 is 20.5 Å². The van der Waals surface area contributed by atoms with Crippen LogP contribution in [-0.2, 0) is 16.1 Å². The number of aliphatic imine (C=N–C) groups is 1. The van der Waals surface area contributed by atoms with E-state index in [2.05, 4.69) is 15.2 Å². The number of aliphatic hydroxyl groups excluding tert-OH is 1. The molecule has 0 saturated carbocycles. The first-order valence-electron chi connectivity index (χ1n) is 9.64. The quantitative estimate of drug-likeness (QED) is 0.608. The molecular formula is C19H25N5O4. The average molecular weight is 387 g/mol. The fourth-order valence-corrected chi connectivity index (χ4v) is 3.95. The maximum absolute atomic E-state index is 11.9. The lowest BCUT2D eigenvalue weighted by Crippen LogP contribution is -2.39. The van der Waals surface area contributed by atoms with Gasteiger partial charge in [-0.1, -0.05) is 0 Å². The largest absolute Gasteiger partial charge is 0.475 e. The molecule has 3 aliphatic rings. The summed E-state index contributed by atoms with van der Waals surface area (Å²) in [6.45, 7) is 2.09. The van der Waals surface area contributed by atoms with Crippen LogP contribution < -0.4 is 15.8 Å². The Hall–Kier alpha value is -2.65. The third-order valence-corrected chi connectivity index (χ3v) is 5.43. The first kappa shape index (κ1) is 18.7. The van der Waals surface area contributed by atoms with Crippen molar-refractivity contribution in [2.45, 2.75) is 44.5 Å². The fraction of sp³-hybridized carbons (Fsp3) is 0.526. The molecule has 2 saturated heterocycles. The van der Waals surface area contributed by atoms with Crippen molar-refractivity contribution in [3.8, 4) is 5.75 Å². The second-order valence-electron chi connectivity index (χ2n) is 7.36. The lowest BCUT2D eigenvalue weighted by molar-refractivity contribution is -0.122. The Balaban J connectivity index is 1.52. The van der Waals surface area contributed by atoms with Crippen LogP contribution in [0.15, 0.2) is 23.2 Å². The molecule has 2 atom stereocenters. The van der Waals surface area contributed by atoms with E-state index in [1.165, 1.54) is 0 Å². The van der Waals surface area contributed by atoms with E-state index in [0.29, 0.717) is 24.7 Å². The molecule has 2 fully saturated rings. The molecule has 0 radical (unpaired) electrons. The second-order valence-corrected chi connectivity index (χ2v) is 7.36. The number of aliphatic hydroxyl groups is 1. The molecule has 150 valence electrons. The summed E-state index contributed by atoms with van der Waals surface area (Å²) in [5.41, 5.74) is 7.02. The molecule has 2 unspecified atom stereocenters. The van der Waals surface area contributed by atoms with Gasteiger partial charge in [-0.3, -0.25) is 19.8 Å². The predicted octanol–water partition coefficient (Wildman–Crippen LogP) is 0.0466. The highest BCUT2D eigenvalue weighted by Crippen LogP contribution is 2.32. The number of fused-ring (bicyclic) bond motifs is 2. The van der Waals surface area contributed by atoms with Gasteiger partial charge in [0.1, 0.15) is 11.8 Å². The molecule has 0 bridgehead atoms. The number of benzene rings is 1. The van der Waals surface area contributed by atoms with E-state index in [-0.39, 0.29) is 31.1 Å². The van der Waals surface area contributed by atoms with Crippen molar-refractivity contribution in [2.75, 3.05) is 19.7 Å². The van der Waals surface area contributed by atoms with Crippen LogP contribution in [-0.4, -0.2) is 64.6 Å². The number of carbonyl (C=O) groups excluding carboxylic acids is 2. The zero-order valence-corrected chi connectivity index (χ0v) is 15.6. The third-order valence-electron chi connectivity index (χ3n) is 5.43. The van der Waals surface area contributed by atoms with Gasteiger partial charge in [0.2, 0.25) is 11.9 Å². The number of carbonyl (C=O) groups is 2. The maximum Gasteiger partial charge on any atom is 0.251 e. The Labute approximate surface area is 163 Å². The van der Waals surface area contributed by atoms with Gasteiger partial charge in [0, 0.05) is 38.0 Å². The summed E-state index contributed by atoms with van der Waals surface area (Å²) in [6.07, 6.45) is 2.87. The summed E-state index contributed by atoms with van der Waals surface area (Å²) in [7, 11) is 0. The number of rotatable bonds is 7. The molecule has 0 aliphatic carbocycles. The fourth-order valence-electron chi connectivity index (χ4n) is 3.95.